The van der Waals surface area contributed by atoms with E-state index in [2.05, 4.69) is 22.1 Å². The van der Waals surface area contributed by atoms with E-state index in [1.165, 1.54) is 12.3 Å². The summed E-state index contributed by atoms with van der Waals surface area (Å²) in [5, 5.41) is 3.52. The van der Waals surface area contributed by atoms with Crippen molar-refractivity contribution in [3.05, 3.63) is 120 Å². The van der Waals surface area contributed by atoms with Gasteiger partial charge in [0.15, 0.2) is 0 Å². The van der Waals surface area contributed by atoms with E-state index in [9.17, 15) is 0 Å². The summed E-state index contributed by atoms with van der Waals surface area (Å²) in [4.78, 5) is 8.74. The average Bonchev–Trinajstić information content (AvgIpc) is 3.73. The predicted molar refractivity (Wildman–Crippen MR) is 203 cm³/mol. The molecule has 0 aliphatic rings. The second-order valence-corrected chi connectivity index (χ2v) is 14.5. The molecule has 0 bridgehead atoms. The first-order valence-electron chi connectivity index (χ1n) is 21.3. The van der Waals surface area contributed by atoms with Crippen LogP contribution in [0.3, 0.4) is 0 Å². The van der Waals surface area contributed by atoms with E-state index in [1.807, 2.05) is 90.1 Å². The molecule has 0 fully saturated rings. The van der Waals surface area contributed by atoms with Crippen LogP contribution >= 0.6 is 0 Å². The van der Waals surface area contributed by atoms with Gasteiger partial charge in [0.1, 0.15) is 11.2 Å². The van der Waals surface area contributed by atoms with Gasteiger partial charge in [-0.2, -0.15) is 0 Å². The van der Waals surface area contributed by atoms with Gasteiger partial charge in [-0.3, -0.25) is 0 Å². The number of furan rings is 2. The van der Waals surface area contributed by atoms with Crippen molar-refractivity contribution in [3.8, 4) is 22.5 Å². The second-order valence-electron chi connectivity index (χ2n) is 14.5. The van der Waals surface area contributed by atoms with Crippen molar-refractivity contribution in [2.24, 2.45) is 10.8 Å². The Morgan fingerprint density at radius 1 is 0.740 bits per heavy atom. The summed E-state index contributed by atoms with van der Waals surface area (Å²) in [6, 6.07) is 28.1. The summed E-state index contributed by atoms with van der Waals surface area (Å²) in [6.45, 7) is 6.27. The normalized spacial score (nSPS) is 16.1. The SMILES string of the molecule is [2H]C([2H])(CC(C)(C)C)c1cnc(-c2[c-]cccc2)cc1C([2H])([2H])C(C)(C)C.[2H]C([2H])([2H])c1cnc(-c2[c-]cc3oc4cc5ccccc5c5oc2c3c45)cc1C([2H])([2H])[2H].[Ir]. The predicted octanol–water partition coefficient (Wildman–Crippen LogP) is 12.5. The molecule has 8 aromatic rings. The molecule has 4 nitrogen and oxygen atoms in total. The van der Waals surface area contributed by atoms with Crippen LogP contribution in [0.2, 0.25) is 0 Å². The summed E-state index contributed by atoms with van der Waals surface area (Å²) in [7, 11) is 0. The van der Waals surface area contributed by atoms with Crippen molar-refractivity contribution in [3.63, 3.8) is 0 Å². The molecule has 0 saturated carbocycles. The third-order valence-corrected chi connectivity index (χ3v) is 8.06. The van der Waals surface area contributed by atoms with Crippen LogP contribution in [0.5, 0.6) is 0 Å². The van der Waals surface area contributed by atoms with E-state index < -0.39 is 31.9 Å². The fraction of sp³-hybridized carbons (Fsp3) is 0.289. The molecule has 4 heterocycles. The average molecular weight is 847 g/mol. The molecule has 0 amide bonds. The van der Waals surface area contributed by atoms with Gasteiger partial charge in [0, 0.05) is 51.6 Å². The van der Waals surface area contributed by atoms with Crippen LogP contribution in [0.15, 0.2) is 94.0 Å². The van der Waals surface area contributed by atoms with Gasteiger partial charge in [-0.25, -0.2) is 0 Å². The second kappa shape index (κ2) is 13.8. The first-order valence-corrected chi connectivity index (χ1v) is 16.3. The molecule has 0 aliphatic carbocycles. The summed E-state index contributed by atoms with van der Waals surface area (Å²) in [5.74, 6) is 0. The summed E-state index contributed by atoms with van der Waals surface area (Å²) in [6.07, 6.45) is -0.498. The zero-order valence-electron chi connectivity index (χ0n) is 38.8. The fourth-order valence-electron chi connectivity index (χ4n) is 5.81. The zero-order chi connectivity index (χ0) is 43.1. The Bertz CT molecular complexity index is 2810. The van der Waals surface area contributed by atoms with Crippen LogP contribution in [-0.2, 0) is 32.9 Å². The molecule has 4 aromatic heterocycles. The maximum Gasteiger partial charge on any atom is 0.132 e. The van der Waals surface area contributed by atoms with Gasteiger partial charge < -0.3 is 18.8 Å². The summed E-state index contributed by atoms with van der Waals surface area (Å²) >= 11 is 0. The van der Waals surface area contributed by atoms with Crippen molar-refractivity contribution in [1.29, 1.82) is 0 Å². The number of hydrogen-bond acceptors (Lipinski definition) is 4. The smallest absolute Gasteiger partial charge is 0.132 e. The minimum Gasteiger partial charge on any atom is -0.500 e. The number of fused-ring (bicyclic) bond motifs is 2. The Morgan fingerprint density at radius 2 is 1.50 bits per heavy atom. The Hall–Kier alpha value is -4.31. The molecule has 1 radical (unpaired) electrons. The van der Waals surface area contributed by atoms with Crippen LogP contribution in [0.4, 0.5) is 0 Å². The van der Waals surface area contributed by atoms with Gasteiger partial charge in [0.05, 0.1) is 16.6 Å². The zero-order valence-corrected chi connectivity index (χ0v) is 31.2. The summed E-state index contributed by atoms with van der Waals surface area (Å²) < 4.78 is 93.8. The van der Waals surface area contributed by atoms with Crippen LogP contribution in [0.1, 0.15) is 83.9 Å². The van der Waals surface area contributed by atoms with Crippen LogP contribution in [0.25, 0.3) is 66.4 Å². The topological polar surface area (TPSA) is 52.1 Å². The first kappa shape index (κ1) is 24.8. The van der Waals surface area contributed by atoms with E-state index >= 15 is 0 Å². The molecule has 0 spiro atoms. The van der Waals surface area contributed by atoms with E-state index in [4.69, 9.17) is 22.5 Å². The van der Waals surface area contributed by atoms with E-state index in [0.29, 0.717) is 44.7 Å². The van der Waals surface area contributed by atoms with Crippen molar-refractivity contribution < 1.29 is 42.6 Å². The molecular weight excluding hydrogens is 793 g/mol. The van der Waals surface area contributed by atoms with Crippen molar-refractivity contribution >= 4 is 43.9 Å². The Morgan fingerprint density at radius 3 is 2.24 bits per heavy atom. The molecule has 5 heteroatoms. The molecule has 0 unspecified atom stereocenters. The Labute approximate surface area is 323 Å². The molecule has 8 rings (SSSR count). The number of nitrogens with zero attached hydrogens (tertiary/aromatic N) is 2. The number of aryl methyl sites for hydroxylation is 3. The number of benzene rings is 4. The quantitative estimate of drug-likeness (QED) is 0.162. The molecule has 0 N–H and O–H groups in total. The standard InChI is InChI=1S/C23H14NO2.C22H30N.Ir/c1-12-9-17(24-11-13(12)2)16-7-8-18-20-21-19(25-18)10-14-5-3-4-6-15(14)22(21)26-23(16)20;1-21(2,3)13-12-18-16-23-20(17-10-8-7-9-11-17)14-19(18)15-22(4,5)6;/h3-6,8-11H,1-2H3;7-10,14,16H,12-13,15H2,1-6H3;/q2*-1;/i1D3,2D3;12D2,15D2;. The van der Waals surface area contributed by atoms with Gasteiger partial charge in [-0.05, 0) is 88.6 Å². The Kier molecular flexibility index (Phi) is 6.83. The van der Waals surface area contributed by atoms with Gasteiger partial charge >= 0.3 is 0 Å². The molecule has 50 heavy (non-hydrogen) atoms. The van der Waals surface area contributed by atoms with Crippen molar-refractivity contribution in [1.82, 2.24) is 9.97 Å². The third-order valence-electron chi connectivity index (χ3n) is 8.06. The van der Waals surface area contributed by atoms with E-state index in [1.54, 1.807) is 18.2 Å². The van der Waals surface area contributed by atoms with Gasteiger partial charge in [0.2, 0.25) is 0 Å². The third kappa shape index (κ3) is 7.26. The van der Waals surface area contributed by atoms with E-state index in [0.717, 1.165) is 33.3 Å². The molecule has 0 atom stereocenters. The van der Waals surface area contributed by atoms with Gasteiger partial charge in [-0.15, -0.1) is 48.0 Å². The molecule has 0 aliphatic heterocycles. The maximum atomic E-state index is 8.79. The first-order chi connectivity index (χ1) is 27.3. The number of pyridine rings is 2. The van der Waals surface area contributed by atoms with E-state index in [-0.39, 0.29) is 48.8 Å². The monoisotopic (exact) mass is 847 g/mol. The number of hydrogen-bond donors (Lipinski definition) is 0. The van der Waals surface area contributed by atoms with Crippen LogP contribution in [-0.4, -0.2) is 9.97 Å². The molecular formula is C45H44IrN2O2-2. The minimum atomic E-state index is -2.62. The van der Waals surface area contributed by atoms with Crippen LogP contribution < -0.4 is 0 Å². The summed E-state index contributed by atoms with van der Waals surface area (Å²) in [5.41, 5.74) is 3.73. The van der Waals surface area contributed by atoms with Crippen LogP contribution in [0, 0.1) is 36.7 Å². The Balaban J connectivity index is 0.000000201. The van der Waals surface area contributed by atoms with Crippen molar-refractivity contribution in [2.75, 3.05) is 0 Å². The maximum absolute atomic E-state index is 8.79. The largest absolute Gasteiger partial charge is 0.500 e. The van der Waals surface area contributed by atoms with Gasteiger partial charge in [0.25, 0.3) is 0 Å². The van der Waals surface area contributed by atoms with Crippen molar-refractivity contribution in [2.45, 2.75) is 74.4 Å². The molecule has 0 saturated heterocycles. The molecule has 257 valence electrons. The number of aromatic nitrogens is 2. The minimum absolute atomic E-state index is 0. The molecule has 4 aromatic carbocycles. The number of rotatable bonds is 5. The van der Waals surface area contributed by atoms with Gasteiger partial charge in [-0.1, -0.05) is 89.1 Å². The fourth-order valence-corrected chi connectivity index (χ4v) is 5.81.